The van der Waals surface area contributed by atoms with Gasteiger partial charge in [0, 0.05) is 18.1 Å². The van der Waals surface area contributed by atoms with E-state index in [2.05, 4.69) is 0 Å². The Morgan fingerprint density at radius 2 is 1.90 bits per heavy atom. The van der Waals surface area contributed by atoms with Crippen LogP contribution in [0.25, 0.3) is 0 Å². The van der Waals surface area contributed by atoms with Crippen LogP contribution in [-0.2, 0) is 0 Å². The van der Waals surface area contributed by atoms with E-state index in [4.69, 9.17) is 17.2 Å². The molecule has 1 unspecified atom stereocenters. The van der Waals surface area contributed by atoms with Crippen molar-refractivity contribution >= 4 is 0 Å². The molecule has 0 aliphatic carbocycles. The fourth-order valence-corrected chi connectivity index (χ4v) is 0.675. The first-order chi connectivity index (χ1) is 4.45. The Hall–Kier alpha value is -0.120. The second-order valence-corrected chi connectivity index (χ2v) is 3.52. The molecular formula is C7H19N3. The largest absolute Gasteiger partial charge is 0.329 e. The van der Waals surface area contributed by atoms with Gasteiger partial charge in [-0.1, -0.05) is 0 Å². The highest BCUT2D eigenvalue weighted by Gasteiger charge is 2.11. The topological polar surface area (TPSA) is 78.1 Å². The summed E-state index contributed by atoms with van der Waals surface area (Å²) in [5.74, 6) is 0. The van der Waals surface area contributed by atoms with Gasteiger partial charge in [-0.2, -0.15) is 0 Å². The van der Waals surface area contributed by atoms with Gasteiger partial charge in [-0.05, 0) is 26.7 Å². The van der Waals surface area contributed by atoms with Crippen LogP contribution in [0.2, 0.25) is 0 Å². The van der Waals surface area contributed by atoms with Crippen LogP contribution in [0.4, 0.5) is 0 Å². The van der Waals surface area contributed by atoms with Crippen molar-refractivity contribution in [3.05, 3.63) is 0 Å². The first-order valence-corrected chi connectivity index (χ1v) is 3.70. The monoisotopic (exact) mass is 145 g/mol. The molecule has 3 heteroatoms. The highest BCUT2D eigenvalue weighted by molar-refractivity contribution is 4.74. The first-order valence-electron chi connectivity index (χ1n) is 3.70. The molecule has 0 amide bonds. The molecule has 0 radical (unpaired) electrons. The van der Waals surface area contributed by atoms with Crippen LogP contribution in [0.15, 0.2) is 0 Å². The Labute approximate surface area is 62.9 Å². The van der Waals surface area contributed by atoms with E-state index in [1.54, 1.807) is 0 Å². The molecule has 62 valence electrons. The van der Waals surface area contributed by atoms with E-state index in [-0.39, 0.29) is 11.6 Å². The average Bonchev–Trinajstić information content (AvgIpc) is 1.81. The Morgan fingerprint density at radius 3 is 2.20 bits per heavy atom. The van der Waals surface area contributed by atoms with Crippen molar-refractivity contribution in [1.29, 1.82) is 0 Å². The predicted octanol–water partition coefficient (Wildman–Crippen LogP) is -0.210. The van der Waals surface area contributed by atoms with Crippen LogP contribution in [0.1, 0.15) is 26.7 Å². The number of nitrogens with two attached hydrogens (primary N) is 3. The molecule has 0 rings (SSSR count). The van der Waals surface area contributed by atoms with Crippen LogP contribution in [0, 0.1) is 0 Å². The second-order valence-electron chi connectivity index (χ2n) is 3.52. The molecule has 0 aromatic carbocycles. The standard InChI is InChI=1S/C7H19N3/c1-7(2,10)4-3-6(9)5-8/h6H,3-5,8-10H2,1-2H3. The lowest BCUT2D eigenvalue weighted by Crippen LogP contribution is -2.36. The van der Waals surface area contributed by atoms with Gasteiger partial charge in [0.2, 0.25) is 0 Å². The Kier molecular flexibility index (Phi) is 3.86. The molecular weight excluding hydrogens is 126 g/mol. The highest BCUT2D eigenvalue weighted by atomic mass is 14.7. The van der Waals surface area contributed by atoms with Crippen molar-refractivity contribution in [2.45, 2.75) is 38.3 Å². The maximum atomic E-state index is 5.74. The molecule has 6 N–H and O–H groups in total. The SMILES string of the molecule is CC(C)(N)CCC(N)CN. The number of hydrogen-bond acceptors (Lipinski definition) is 3. The molecule has 0 aliphatic heterocycles. The molecule has 0 aliphatic rings. The van der Waals surface area contributed by atoms with E-state index in [9.17, 15) is 0 Å². The van der Waals surface area contributed by atoms with Crippen molar-refractivity contribution in [2.24, 2.45) is 17.2 Å². The zero-order valence-corrected chi connectivity index (χ0v) is 6.93. The van der Waals surface area contributed by atoms with Crippen molar-refractivity contribution in [3.63, 3.8) is 0 Å². The molecule has 3 nitrogen and oxygen atoms in total. The van der Waals surface area contributed by atoms with Gasteiger partial charge in [0.15, 0.2) is 0 Å². The van der Waals surface area contributed by atoms with E-state index in [1.807, 2.05) is 13.8 Å². The molecule has 0 bridgehead atoms. The van der Waals surface area contributed by atoms with Crippen LogP contribution in [0.3, 0.4) is 0 Å². The van der Waals surface area contributed by atoms with Gasteiger partial charge < -0.3 is 17.2 Å². The Morgan fingerprint density at radius 1 is 1.40 bits per heavy atom. The van der Waals surface area contributed by atoms with Crippen LogP contribution in [0.5, 0.6) is 0 Å². The average molecular weight is 145 g/mol. The molecule has 0 aromatic heterocycles. The Balaban J connectivity index is 3.36. The summed E-state index contributed by atoms with van der Waals surface area (Å²) in [4.78, 5) is 0. The van der Waals surface area contributed by atoms with Gasteiger partial charge in [-0.3, -0.25) is 0 Å². The van der Waals surface area contributed by atoms with Gasteiger partial charge >= 0.3 is 0 Å². The minimum atomic E-state index is -0.104. The first kappa shape index (κ1) is 9.88. The molecule has 0 fully saturated rings. The minimum absolute atomic E-state index is 0.104. The van der Waals surface area contributed by atoms with Gasteiger partial charge in [0.1, 0.15) is 0 Å². The van der Waals surface area contributed by atoms with Crippen molar-refractivity contribution in [3.8, 4) is 0 Å². The van der Waals surface area contributed by atoms with Gasteiger partial charge in [-0.25, -0.2) is 0 Å². The summed E-state index contributed by atoms with van der Waals surface area (Å²) >= 11 is 0. The molecule has 0 spiro atoms. The zero-order valence-electron chi connectivity index (χ0n) is 6.93. The third kappa shape index (κ3) is 6.01. The van der Waals surface area contributed by atoms with Crippen molar-refractivity contribution < 1.29 is 0 Å². The summed E-state index contributed by atoms with van der Waals surface area (Å²) < 4.78 is 0. The summed E-state index contributed by atoms with van der Waals surface area (Å²) in [7, 11) is 0. The van der Waals surface area contributed by atoms with E-state index >= 15 is 0 Å². The summed E-state index contributed by atoms with van der Waals surface area (Å²) in [5, 5.41) is 0. The van der Waals surface area contributed by atoms with Crippen molar-refractivity contribution in [1.82, 2.24) is 0 Å². The zero-order chi connectivity index (χ0) is 8.20. The third-order valence-corrected chi connectivity index (χ3v) is 1.46. The lowest BCUT2D eigenvalue weighted by molar-refractivity contribution is 0.431. The van der Waals surface area contributed by atoms with E-state index < -0.39 is 0 Å². The maximum absolute atomic E-state index is 5.74. The van der Waals surface area contributed by atoms with Gasteiger partial charge in [0.05, 0.1) is 0 Å². The summed E-state index contributed by atoms with van der Waals surface area (Å²) in [5.41, 5.74) is 16.6. The third-order valence-electron chi connectivity index (χ3n) is 1.46. The molecule has 10 heavy (non-hydrogen) atoms. The van der Waals surface area contributed by atoms with Gasteiger partial charge in [-0.15, -0.1) is 0 Å². The molecule has 0 aromatic rings. The van der Waals surface area contributed by atoms with E-state index in [0.717, 1.165) is 12.8 Å². The number of rotatable bonds is 4. The Bertz CT molecular complexity index is 85.3. The summed E-state index contributed by atoms with van der Waals surface area (Å²) in [6.45, 7) is 4.54. The van der Waals surface area contributed by atoms with Crippen LogP contribution >= 0.6 is 0 Å². The normalized spacial score (nSPS) is 15.3. The molecule has 0 saturated heterocycles. The smallest absolute Gasteiger partial charge is 0.0163 e. The van der Waals surface area contributed by atoms with E-state index in [1.165, 1.54) is 0 Å². The molecule has 1 atom stereocenters. The predicted molar refractivity (Wildman–Crippen MR) is 44.5 cm³/mol. The van der Waals surface area contributed by atoms with Gasteiger partial charge in [0.25, 0.3) is 0 Å². The highest BCUT2D eigenvalue weighted by Crippen LogP contribution is 2.07. The van der Waals surface area contributed by atoms with Crippen molar-refractivity contribution in [2.75, 3.05) is 6.54 Å². The number of hydrogen-bond donors (Lipinski definition) is 3. The maximum Gasteiger partial charge on any atom is 0.0163 e. The summed E-state index contributed by atoms with van der Waals surface area (Å²) in [6.07, 6.45) is 1.85. The lowest BCUT2D eigenvalue weighted by atomic mass is 9.97. The van der Waals surface area contributed by atoms with E-state index in [0.29, 0.717) is 6.54 Å². The summed E-state index contributed by atoms with van der Waals surface area (Å²) in [6, 6.07) is 0.114. The minimum Gasteiger partial charge on any atom is -0.329 e. The lowest BCUT2D eigenvalue weighted by Gasteiger charge is -2.19. The van der Waals surface area contributed by atoms with Crippen LogP contribution in [-0.4, -0.2) is 18.1 Å². The fraction of sp³-hybridized carbons (Fsp3) is 1.00. The van der Waals surface area contributed by atoms with Crippen LogP contribution < -0.4 is 17.2 Å². The molecule has 0 heterocycles. The fourth-order valence-electron chi connectivity index (χ4n) is 0.675. The molecule has 0 saturated carbocycles. The second kappa shape index (κ2) is 3.91. The quantitative estimate of drug-likeness (QED) is 0.512.